The Morgan fingerprint density at radius 3 is 2.43 bits per heavy atom. The van der Waals surface area contributed by atoms with Crippen molar-refractivity contribution in [2.75, 3.05) is 0 Å². The molecule has 2 saturated carbocycles. The Labute approximate surface area is 143 Å². The maximum absolute atomic E-state index is 12.9. The lowest BCUT2D eigenvalue weighted by Crippen LogP contribution is -2.49. The van der Waals surface area contributed by atoms with E-state index in [-0.39, 0.29) is 17.5 Å². The first-order valence-electron chi connectivity index (χ1n) is 10.1. The molecule has 3 heteroatoms. The number of hydrogen-bond donors (Lipinski definition) is 0. The molecule has 2 nitrogen and oxygen atoms in total. The van der Waals surface area contributed by atoms with Crippen LogP contribution in [-0.2, 0) is 9.53 Å². The Bertz CT molecular complexity index is 457. The van der Waals surface area contributed by atoms with E-state index in [0.717, 1.165) is 24.7 Å². The molecule has 0 aromatic rings. The van der Waals surface area contributed by atoms with Gasteiger partial charge in [-0.2, -0.15) is 0 Å². The van der Waals surface area contributed by atoms with Crippen molar-refractivity contribution in [1.82, 2.24) is 0 Å². The molecule has 1 heterocycles. The van der Waals surface area contributed by atoms with Crippen LogP contribution in [0, 0.1) is 29.6 Å². The largest absolute Gasteiger partial charge is 0.459 e. The molecule has 1 saturated heterocycles. The standard InChI is InChI=1S/C20H36O2Si/c1-6-23(7-2)10-8-9-20(5,13-23)22-19(21)18-12-16-11-17(18)15(4)14(16)3/h14-18H,6-13H2,1-5H3. The Morgan fingerprint density at radius 1 is 1.17 bits per heavy atom. The van der Waals surface area contributed by atoms with Crippen LogP contribution >= 0.6 is 0 Å². The molecule has 23 heavy (non-hydrogen) atoms. The normalized spacial score (nSPS) is 45.2. The molecule has 0 spiro atoms. The maximum Gasteiger partial charge on any atom is 0.309 e. The van der Waals surface area contributed by atoms with Crippen molar-refractivity contribution in [3.63, 3.8) is 0 Å². The molecular formula is C20H36O2Si. The van der Waals surface area contributed by atoms with Crippen molar-refractivity contribution in [2.45, 2.75) is 90.1 Å². The van der Waals surface area contributed by atoms with E-state index in [4.69, 9.17) is 4.74 Å². The number of fused-ring (bicyclic) bond motifs is 2. The summed E-state index contributed by atoms with van der Waals surface area (Å²) in [7, 11) is -1.19. The lowest BCUT2D eigenvalue weighted by molar-refractivity contribution is -0.165. The van der Waals surface area contributed by atoms with Gasteiger partial charge in [0.15, 0.2) is 0 Å². The zero-order valence-electron chi connectivity index (χ0n) is 15.9. The molecule has 0 aromatic carbocycles. The van der Waals surface area contributed by atoms with Crippen LogP contribution < -0.4 is 0 Å². The van der Waals surface area contributed by atoms with E-state index in [0.29, 0.717) is 11.8 Å². The third-order valence-corrected chi connectivity index (χ3v) is 14.1. The number of hydrogen-bond acceptors (Lipinski definition) is 2. The first-order valence-corrected chi connectivity index (χ1v) is 12.9. The second kappa shape index (κ2) is 6.20. The molecule has 3 rings (SSSR count). The smallest absolute Gasteiger partial charge is 0.309 e. The highest BCUT2D eigenvalue weighted by Crippen LogP contribution is 2.55. The van der Waals surface area contributed by atoms with Gasteiger partial charge in [0.25, 0.3) is 0 Å². The van der Waals surface area contributed by atoms with E-state index in [1.54, 1.807) is 0 Å². The van der Waals surface area contributed by atoms with Gasteiger partial charge in [-0.1, -0.05) is 52.2 Å². The summed E-state index contributed by atoms with van der Waals surface area (Å²) in [4.78, 5) is 12.9. The van der Waals surface area contributed by atoms with Crippen LogP contribution in [0.15, 0.2) is 0 Å². The lowest BCUT2D eigenvalue weighted by atomic mass is 9.76. The van der Waals surface area contributed by atoms with Gasteiger partial charge in [-0.25, -0.2) is 0 Å². The summed E-state index contributed by atoms with van der Waals surface area (Å²) in [6.45, 7) is 11.7. The predicted molar refractivity (Wildman–Crippen MR) is 98.1 cm³/mol. The van der Waals surface area contributed by atoms with Gasteiger partial charge in [-0.05, 0) is 55.9 Å². The molecule has 6 atom stereocenters. The van der Waals surface area contributed by atoms with E-state index in [1.807, 2.05) is 0 Å². The maximum atomic E-state index is 12.9. The third kappa shape index (κ3) is 3.03. The van der Waals surface area contributed by atoms with Crippen LogP contribution in [0.25, 0.3) is 0 Å². The molecule has 132 valence electrons. The molecule has 6 unspecified atom stereocenters. The zero-order valence-corrected chi connectivity index (χ0v) is 16.9. The van der Waals surface area contributed by atoms with Gasteiger partial charge in [0.2, 0.25) is 0 Å². The highest BCUT2D eigenvalue weighted by atomic mass is 28.3. The van der Waals surface area contributed by atoms with E-state index in [1.165, 1.54) is 37.0 Å². The second-order valence-electron chi connectivity index (χ2n) is 9.33. The predicted octanol–water partition coefficient (Wildman–Crippen LogP) is 5.50. The van der Waals surface area contributed by atoms with Crippen LogP contribution in [0.3, 0.4) is 0 Å². The number of ether oxygens (including phenoxy) is 1. The highest BCUT2D eigenvalue weighted by molar-refractivity contribution is 6.80. The Hall–Kier alpha value is -0.313. The van der Waals surface area contributed by atoms with Gasteiger partial charge in [-0.3, -0.25) is 4.79 Å². The van der Waals surface area contributed by atoms with Crippen molar-refractivity contribution in [2.24, 2.45) is 29.6 Å². The minimum Gasteiger partial charge on any atom is -0.459 e. The lowest BCUT2D eigenvalue weighted by Gasteiger charge is -2.45. The van der Waals surface area contributed by atoms with Crippen LogP contribution in [0.4, 0.5) is 0 Å². The Kier molecular flexibility index (Phi) is 4.72. The fraction of sp³-hybridized carbons (Fsp3) is 0.950. The summed E-state index contributed by atoms with van der Waals surface area (Å²) >= 11 is 0. The van der Waals surface area contributed by atoms with E-state index < -0.39 is 8.07 Å². The van der Waals surface area contributed by atoms with Gasteiger partial charge in [0, 0.05) is 0 Å². The highest BCUT2D eigenvalue weighted by Gasteiger charge is 2.53. The number of carbonyl (C=O) groups excluding carboxylic acids is 1. The molecule has 3 aliphatic rings. The minimum absolute atomic E-state index is 0.149. The zero-order chi connectivity index (χ0) is 16.8. The molecule has 2 aliphatic carbocycles. The minimum atomic E-state index is -1.19. The van der Waals surface area contributed by atoms with Crippen LogP contribution in [0.2, 0.25) is 24.2 Å². The monoisotopic (exact) mass is 336 g/mol. The first kappa shape index (κ1) is 17.5. The number of esters is 1. The quantitative estimate of drug-likeness (QED) is 0.500. The van der Waals surface area contributed by atoms with Crippen molar-refractivity contribution in [3.05, 3.63) is 0 Å². The summed E-state index contributed by atoms with van der Waals surface area (Å²) in [5, 5.41) is 0. The summed E-state index contributed by atoms with van der Waals surface area (Å²) in [5.41, 5.74) is -0.162. The van der Waals surface area contributed by atoms with Crippen LogP contribution in [0.1, 0.15) is 60.3 Å². The average molecular weight is 337 g/mol. The Morgan fingerprint density at radius 2 is 1.87 bits per heavy atom. The fourth-order valence-corrected chi connectivity index (χ4v) is 10.9. The van der Waals surface area contributed by atoms with E-state index in [2.05, 4.69) is 34.6 Å². The van der Waals surface area contributed by atoms with Gasteiger partial charge < -0.3 is 4.74 Å². The molecule has 2 bridgehead atoms. The SMILES string of the molecule is CC[Si]1(CC)CCCC(C)(OC(=O)C2CC3CC2C(C)C3C)C1. The van der Waals surface area contributed by atoms with Crippen molar-refractivity contribution in [3.8, 4) is 0 Å². The Balaban J connectivity index is 1.66. The molecule has 0 aromatic heterocycles. The average Bonchev–Trinajstić information content (AvgIpc) is 3.07. The van der Waals surface area contributed by atoms with E-state index in [9.17, 15) is 4.79 Å². The van der Waals surface area contributed by atoms with Gasteiger partial charge in [0.05, 0.1) is 14.0 Å². The van der Waals surface area contributed by atoms with Crippen LogP contribution in [0.5, 0.6) is 0 Å². The van der Waals surface area contributed by atoms with Gasteiger partial charge in [0.1, 0.15) is 5.60 Å². The third-order valence-electron chi connectivity index (χ3n) is 8.21. The molecule has 0 amide bonds. The molecule has 1 aliphatic heterocycles. The summed E-state index contributed by atoms with van der Waals surface area (Å²) in [6, 6.07) is 5.33. The van der Waals surface area contributed by atoms with Crippen molar-refractivity contribution < 1.29 is 9.53 Å². The number of carbonyl (C=O) groups is 1. The molecule has 0 N–H and O–H groups in total. The van der Waals surface area contributed by atoms with Gasteiger partial charge in [-0.15, -0.1) is 0 Å². The molecule has 3 fully saturated rings. The molecular weight excluding hydrogens is 300 g/mol. The molecule has 0 radical (unpaired) electrons. The van der Waals surface area contributed by atoms with Crippen molar-refractivity contribution in [1.29, 1.82) is 0 Å². The first-order chi connectivity index (χ1) is 10.8. The topological polar surface area (TPSA) is 26.3 Å². The summed E-state index contributed by atoms with van der Waals surface area (Å²) in [5.74, 6) is 3.21. The number of rotatable bonds is 4. The summed E-state index contributed by atoms with van der Waals surface area (Å²) in [6.07, 6.45) is 4.71. The van der Waals surface area contributed by atoms with Crippen LogP contribution in [-0.4, -0.2) is 19.6 Å². The fourth-order valence-electron chi connectivity index (χ4n) is 6.28. The summed E-state index contributed by atoms with van der Waals surface area (Å²) < 4.78 is 6.25. The van der Waals surface area contributed by atoms with Crippen molar-refractivity contribution >= 4 is 14.0 Å². The second-order valence-corrected chi connectivity index (χ2v) is 14.6. The van der Waals surface area contributed by atoms with Gasteiger partial charge >= 0.3 is 5.97 Å². The van der Waals surface area contributed by atoms with E-state index >= 15 is 0 Å².